The van der Waals surface area contributed by atoms with Gasteiger partial charge in [-0.1, -0.05) is 12.1 Å². The molecule has 1 nitrogen and oxygen atoms in total. The molecule has 0 N–H and O–H groups in total. The highest BCUT2D eigenvalue weighted by molar-refractivity contribution is 5.27. The summed E-state index contributed by atoms with van der Waals surface area (Å²) < 4.78 is 5.07. The highest BCUT2D eigenvalue weighted by Crippen LogP contribution is 2.12. The number of benzene rings is 1. The maximum Gasteiger partial charge on any atom is 0.118 e. The summed E-state index contributed by atoms with van der Waals surface area (Å²) >= 11 is 0. The number of hydrogen-bond acceptors (Lipinski definition) is 1. The summed E-state index contributed by atoms with van der Waals surface area (Å²) in [5.41, 5.74) is 1.31. The Morgan fingerprint density at radius 3 is 2.46 bits per heavy atom. The monoisotopic (exact) mass is 174 g/mol. The van der Waals surface area contributed by atoms with Crippen LogP contribution in [-0.4, -0.2) is 7.11 Å². The lowest BCUT2D eigenvalue weighted by atomic mass is 10.1. The summed E-state index contributed by atoms with van der Waals surface area (Å²) in [7, 11) is 1.68. The van der Waals surface area contributed by atoms with E-state index in [1.54, 1.807) is 7.11 Å². The molecule has 68 valence electrons. The lowest BCUT2D eigenvalue weighted by Gasteiger charge is -2.00. The Hall–Kier alpha value is -1.42. The van der Waals surface area contributed by atoms with Gasteiger partial charge in [-0.3, -0.25) is 0 Å². The molecule has 0 amide bonds. The van der Waals surface area contributed by atoms with E-state index in [0.717, 1.165) is 18.6 Å². The lowest BCUT2D eigenvalue weighted by Crippen LogP contribution is -1.85. The molecule has 1 aromatic carbocycles. The molecule has 0 aliphatic carbocycles. The predicted molar refractivity (Wildman–Crippen MR) is 54.8 cm³/mol. The van der Waals surface area contributed by atoms with Crippen LogP contribution in [0.25, 0.3) is 0 Å². The fraction of sp³-hybridized carbons (Fsp3) is 0.333. The third kappa shape index (κ3) is 3.21. The molecule has 0 heterocycles. The molecule has 1 rings (SSSR count). The summed E-state index contributed by atoms with van der Waals surface area (Å²) in [6.07, 6.45) is 1.95. The molecule has 0 atom stereocenters. The van der Waals surface area contributed by atoms with Gasteiger partial charge in [-0.05, 0) is 31.0 Å². The molecule has 0 fully saturated rings. The molecule has 0 spiro atoms. The molecule has 1 heteroatoms. The molecular formula is C12H14O. The fourth-order valence-electron chi connectivity index (χ4n) is 1.12. The number of ether oxygens (including phenoxy) is 1. The Labute approximate surface area is 79.7 Å². The van der Waals surface area contributed by atoms with Gasteiger partial charge in [0.05, 0.1) is 7.11 Å². The van der Waals surface area contributed by atoms with E-state index in [4.69, 9.17) is 4.74 Å². The van der Waals surface area contributed by atoms with Crippen molar-refractivity contribution < 1.29 is 4.74 Å². The van der Waals surface area contributed by atoms with Gasteiger partial charge in [0.2, 0.25) is 0 Å². The van der Waals surface area contributed by atoms with Crippen molar-refractivity contribution in [3.8, 4) is 17.6 Å². The fourth-order valence-corrected chi connectivity index (χ4v) is 1.12. The summed E-state index contributed by atoms with van der Waals surface area (Å²) in [4.78, 5) is 0. The molecule has 0 bridgehead atoms. The third-order valence-corrected chi connectivity index (χ3v) is 1.87. The number of rotatable bonds is 3. The summed E-state index contributed by atoms with van der Waals surface area (Å²) in [5, 5.41) is 0. The average Bonchev–Trinajstić information content (AvgIpc) is 2.19. The molecule has 0 saturated carbocycles. The average molecular weight is 174 g/mol. The molecule has 0 saturated heterocycles. The third-order valence-electron chi connectivity index (χ3n) is 1.87. The first-order valence-electron chi connectivity index (χ1n) is 4.39. The van der Waals surface area contributed by atoms with Crippen LogP contribution in [0.1, 0.15) is 18.9 Å². The van der Waals surface area contributed by atoms with E-state index in [9.17, 15) is 0 Å². The van der Waals surface area contributed by atoms with Crippen molar-refractivity contribution in [2.75, 3.05) is 7.11 Å². The van der Waals surface area contributed by atoms with Gasteiger partial charge < -0.3 is 4.74 Å². The van der Waals surface area contributed by atoms with E-state index in [2.05, 4.69) is 24.0 Å². The second-order valence-corrected chi connectivity index (χ2v) is 2.77. The second kappa shape index (κ2) is 5.27. The van der Waals surface area contributed by atoms with E-state index in [-0.39, 0.29) is 0 Å². The summed E-state index contributed by atoms with van der Waals surface area (Å²) in [5.74, 6) is 6.84. The Bertz CT molecular complexity index is 300. The zero-order valence-electron chi connectivity index (χ0n) is 8.13. The summed E-state index contributed by atoms with van der Waals surface area (Å²) in [6.45, 7) is 1.87. The molecule has 0 aliphatic heterocycles. The maximum atomic E-state index is 5.07. The molecule has 0 aromatic heterocycles. The zero-order valence-corrected chi connectivity index (χ0v) is 8.13. The Kier molecular flexibility index (Phi) is 3.92. The Morgan fingerprint density at radius 1 is 1.23 bits per heavy atom. The summed E-state index contributed by atoms with van der Waals surface area (Å²) in [6, 6.07) is 8.12. The van der Waals surface area contributed by atoms with Gasteiger partial charge >= 0.3 is 0 Å². The van der Waals surface area contributed by atoms with Crippen LogP contribution in [-0.2, 0) is 6.42 Å². The minimum Gasteiger partial charge on any atom is -0.497 e. The van der Waals surface area contributed by atoms with E-state index < -0.39 is 0 Å². The molecule has 1 aromatic rings. The van der Waals surface area contributed by atoms with Crippen LogP contribution in [0.2, 0.25) is 0 Å². The highest BCUT2D eigenvalue weighted by atomic mass is 16.5. The van der Waals surface area contributed by atoms with Crippen molar-refractivity contribution in [1.82, 2.24) is 0 Å². The standard InChI is InChI=1S/C12H14O/c1-3-4-5-6-11-7-9-12(13-2)10-8-11/h7-10H,5-6H2,1-2H3. The normalized spacial score (nSPS) is 8.77. The number of hydrogen-bond donors (Lipinski definition) is 0. The minimum atomic E-state index is 0.908. The van der Waals surface area contributed by atoms with Gasteiger partial charge in [0.25, 0.3) is 0 Å². The van der Waals surface area contributed by atoms with Crippen molar-refractivity contribution in [2.24, 2.45) is 0 Å². The molecule has 0 radical (unpaired) electrons. The molecule has 0 aliphatic rings. The van der Waals surface area contributed by atoms with E-state index in [1.807, 2.05) is 19.1 Å². The van der Waals surface area contributed by atoms with E-state index >= 15 is 0 Å². The second-order valence-electron chi connectivity index (χ2n) is 2.77. The largest absolute Gasteiger partial charge is 0.497 e. The van der Waals surface area contributed by atoms with Gasteiger partial charge in [-0.25, -0.2) is 0 Å². The predicted octanol–water partition coefficient (Wildman–Crippen LogP) is 2.65. The van der Waals surface area contributed by atoms with E-state index in [1.165, 1.54) is 5.56 Å². The Morgan fingerprint density at radius 2 is 1.92 bits per heavy atom. The van der Waals surface area contributed by atoms with Crippen molar-refractivity contribution in [3.63, 3.8) is 0 Å². The first-order chi connectivity index (χ1) is 6.36. The van der Waals surface area contributed by atoms with Gasteiger partial charge in [0.15, 0.2) is 0 Å². The van der Waals surface area contributed by atoms with Crippen molar-refractivity contribution in [1.29, 1.82) is 0 Å². The molecule has 0 unspecified atom stereocenters. The van der Waals surface area contributed by atoms with Crippen LogP contribution in [0, 0.1) is 11.8 Å². The molecular weight excluding hydrogens is 160 g/mol. The molecule has 13 heavy (non-hydrogen) atoms. The van der Waals surface area contributed by atoms with Crippen molar-refractivity contribution in [3.05, 3.63) is 29.8 Å². The zero-order chi connectivity index (χ0) is 9.52. The van der Waals surface area contributed by atoms with Crippen molar-refractivity contribution in [2.45, 2.75) is 19.8 Å². The number of aryl methyl sites for hydroxylation is 1. The topological polar surface area (TPSA) is 9.23 Å². The lowest BCUT2D eigenvalue weighted by molar-refractivity contribution is 0.414. The first-order valence-corrected chi connectivity index (χ1v) is 4.39. The van der Waals surface area contributed by atoms with Crippen LogP contribution >= 0.6 is 0 Å². The Balaban J connectivity index is 2.52. The quantitative estimate of drug-likeness (QED) is 0.640. The van der Waals surface area contributed by atoms with Gasteiger partial charge in [-0.15, -0.1) is 11.8 Å². The number of methoxy groups -OCH3 is 1. The van der Waals surface area contributed by atoms with Gasteiger partial charge in [0, 0.05) is 6.42 Å². The van der Waals surface area contributed by atoms with E-state index in [0.29, 0.717) is 0 Å². The SMILES string of the molecule is CC#CCCc1ccc(OC)cc1. The van der Waals surface area contributed by atoms with Gasteiger partial charge in [0.1, 0.15) is 5.75 Å². The smallest absolute Gasteiger partial charge is 0.118 e. The minimum absolute atomic E-state index is 0.908. The van der Waals surface area contributed by atoms with Crippen molar-refractivity contribution >= 4 is 0 Å². The van der Waals surface area contributed by atoms with Crippen LogP contribution < -0.4 is 4.74 Å². The van der Waals surface area contributed by atoms with Crippen LogP contribution in [0.5, 0.6) is 5.75 Å². The maximum absolute atomic E-state index is 5.07. The van der Waals surface area contributed by atoms with Crippen LogP contribution in [0.4, 0.5) is 0 Å². The van der Waals surface area contributed by atoms with Crippen LogP contribution in [0.3, 0.4) is 0 Å². The first kappa shape index (κ1) is 9.67. The van der Waals surface area contributed by atoms with Crippen LogP contribution in [0.15, 0.2) is 24.3 Å². The van der Waals surface area contributed by atoms with Gasteiger partial charge in [-0.2, -0.15) is 0 Å². The highest BCUT2D eigenvalue weighted by Gasteiger charge is 1.92.